The number of nitrogens with zero attached hydrogens (tertiary/aromatic N) is 1. The molecule has 1 atom stereocenters. The molecule has 2 heterocycles. The fraction of sp³-hybridized carbons (Fsp3) is 0.588. The minimum atomic E-state index is 0. The molecule has 1 aromatic carbocycles. The van der Waals surface area contributed by atoms with Crippen LogP contribution in [0.1, 0.15) is 12.0 Å². The Balaban J connectivity index is 0.00000225. The molecule has 1 unspecified atom stereocenters. The molecule has 3 rings (SSSR count). The second-order valence-electron chi connectivity index (χ2n) is 5.93. The first kappa shape index (κ1) is 19.8. The number of amides is 1. The lowest BCUT2D eigenvalue weighted by atomic mass is 10.1. The average molecular weight is 373 g/mol. The molecule has 1 fully saturated rings. The lowest BCUT2D eigenvalue weighted by Gasteiger charge is -2.28. The molecule has 8 heteroatoms. The Labute approximate surface area is 154 Å². The molecule has 2 aliphatic rings. The van der Waals surface area contributed by atoms with Crippen molar-refractivity contribution in [2.45, 2.75) is 19.0 Å². The second-order valence-corrected chi connectivity index (χ2v) is 5.93. The smallest absolute Gasteiger partial charge is 0.231 e. The third-order valence-electron chi connectivity index (χ3n) is 4.15. The summed E-state index contributed by atoms with van der Waals surface area (Å²) in [7, 11) is 1.64. The highest BCUT2D eigenvalue weighted by Crippen LogP contribution is 2.32. The largest absolute Gasteiger partial charge is 0.454 e. The van der Waals surface area contributed by atoms with E-state index in [4.69, 9.17) is 18.9 Å². The molecule has 1 saturated heterocycles. The van der Waals surface area contributed by atoms with Gasteiger partial charge in [0.1, 0.15) is 0 Å². The number of rotatable bonds is 7. The van der Waals surface area contributed by atoms with Gasteiger partial charge in [-0.15, -0.1) is 12.4 Å². The van der Waals surface area contributed by atoms with Crippen LogP contribution in [0.15, 0.2) is 18.2 Å². The van der Waals surface area contributed by atoms with Gasteiger partial charge in [-0.1, -0.05) is 6.07 Å². The first-order valence-electron chi connectivity index (χ1n) is 8.22. The van der Waals surface area contributed by atoms with E-state index in [1.54, 1.807) is 7.11 Å². The van der Waals surface area contributed by atoms with Gasteiger partial charge in [0.15, 0.2) is 11.5 Å². The minimum Gasteiger partial charge on any atom is -0.454 e. The van der Waals surface area contributed by atoms with E-state index in [0.29, 0.717) is 39.3 Å². The number of carbonyl (C=O) groups excluding carboxylic acids is 1. The molecule has 0 saturated carbocycles. The summed E-state index contributed by atoms with van der Waals surface area (Å²) in [6.45, 7) is 3.90. The third-order valence-corrected chi connectivity index (χ3v) is 4.15. The van der Waals surface area contributed by atoms with Crippen molar-refractivity contribution in [1.82, 2.24) is 10.2 Å². The molecular formula is C17H25ClN2O5. The molecule has 7 nitrogen and oxygen atoms in total. The Hall–Kier alpha value is -1.54. The average Bonchev–Trinajstić information content (AvgIpc) is 3.07. The number of nitrogens with one attached hydrogen (secondary N) is 1. The van der Waals surface area contributed by atoms with Gasteiger partial charge in [0.05, 0.1) is 19.8 Å². The predicted octanol–water partition coefficient (Wildman–Crippen LogP) is 1.19. The number of methoxy groups -OCH3 is 1. The number of hydrogen-bond donors (Lipinski definition) is 1. The summed E-state index contributed by atoms with van der Waals surface area (Å²) in [6.07, 6.45) is 0.425. The van der Waals surface area contributed by atoms with Crippen LogP contribution in [0.2, 0.25) is 0 Å². The van der Waals surface area contributed by atoms with Gasteiger partial charge in [-0.05, 0) is 17.7 Å². The van der Waals surface area contributed by atoms with Gasteiger partial charge in [0.25, 0.3) is 0 Å². The van der Waals surface area contributed by atoms with Crippen molar-refractivity contribution < 1.29 is 23.7 Å². The van der Waals surface area contributed by atoms with Crippen LogP contribution in [0.25, 0.3) is 0 Å². The van der Waals surface area contributed by atoms with Crippen molar-refractivity contribution in [3.8, 4) is 11.5 Å². The SMILES string of the molecule is COCCN(Cc1ccc2c(c1)OCO2)C(=O)CC1COCCN1.Cl. The van der Waals surface area contributed by atoms with Crippen molar-refractivity contribution in [1.29, 1.82) is 0 Å². The van der Waals surface area contributed by atoms with E-state index in [2.05, 4.69) is 5.32 Å². The highest BCUT2D eigenvalue weighted by molar-refractivity contribution is 5.85. The Morgan fingerprint density at radius 1 is 1.36 bits per heavy atom. The zero-order valence-electron chi connectivity index (χ0n) is 14.4. The zero-order valence-corrected chi connectivity index (χ0v) is 15.2. The summed E-state index contributed by atoms with van der Waals surface area (Å²) in [6, 6.07) is 5.85. The van der Waals surface area contributed by atoms with Gasteiger partial charge >= 0.3 is 0 Å². The highest BCUT2D eigenvalue weighted by Gasteiger charge is 2.22. The van der Waals surface area contributed by atoms with Crippen LogP contribution >= 0.6 is 12.4 Å². The quantitative estimate of drug-likeness (QED) is 0.775. The van der Waals surface area contributed by atoms with Crippen LogP contribution in [0.4, 0.5) is 0 Å². The van der Waals surface area contributed by atoms with E-state index in [-0.39, 0.29) is 31.1 Å². The molecule has 0 aliphatic carbocycles. The summed E-state index contributed by atoms with van der Waals surface area (Å²) in [5, 5.41) is 3.32. The van der Waals surface area contributed by atoms with E-state index >= 15 is 0 Å². The Bertz CT molecular complexity index is 566. The Morgan fingerprint density at radius 2 is 2.20 bits per heavy atom. The van der Waals surface area contributed by atoms with Gasteiger partial charge in [0.2, 0.25) is 12.7 Å². The normalized spacial score (nSPS) is 18.5. The van der Waals surface area contributed by atoms with E-state index in [9.17, 15) is 4.79 Å². The molecule has 0 bridgehead atoms. The van der Waals surface area contributed by atoms with E-state index < -0.39 is 0 Å². The lowest BCUT2D eigenvalue weighted by Crippen LogP contribution is -2.45. The Morgan fingerprint density at radius 3 is 2.96 bits per heavy atom. The third kappa shape index (κ3) is 5.47. The van der Waals surface area contributed by atoms with Crippen LogP contribution in [-0.2, 0) is 20.8 Å². The summed E-state index contributed by atoms with van der Waals surface area (Å²) in [5.74, 6) is 1.57. The number of fused-ring (bicyclic) bond motifs is 1. The monoisotopic (exact) mass is 372 g/mol. The number of ether oxygens (including phenoxy) is 4. The second kappa shape index (κ2) is 9.82. The summed E-state index contributed by atoms with van der Waals surface area (Å²) < 4.78 is 21.3. The first-order chi connectivity index (χ1) is 11.8. The summed E-state index contributed by atoms with van der Waals surface area (Å²) in [5.41, 5.74) is 1.01. The van der Waals surface area contributed by atoms with Crippen LogP contribution in [0.3, 0.4) is 0 Å². The van der Waals surface area contributed by atoms with Gasteiger partial charge in [0, 0.05) is 39.2 Å². The number of benzene rings is 1. The van der Waals surface area contributed by atoms with Crippen LogP contribution in [-0.4, -0.2) is 63.7 Å². The molecule has 0 spiro atoms. The van der Waals surface area contributed by atoms with Crippen molar-refractivity contribution in [3.05, 3.63) is 23.8 Å². The maximum Gasteiger partial charge on any atom is 0.231 e. The topological polar surface area (TPSA) is 69.3 Å². The van der Waals surface area contributed by atoms with Crippen molar-refractivity contribution in [3.63, 3.8) is 0 Å². The number of halogens is 1. The van der Waals surface area contributed by atoms with Crippen LogP contribution < -0.4 is 14.8 Å². The van der Waals surface area contributed by atoms with Crippen molar-refractivity contribution in [2.75, 3.05) is 46.8 Å². The van der Waals surface area contributed by atoms with Crippen LogP contribution in [0.5, 0.6) is 11.5 Å². The number of hydrogen-bond acceptors (Lipinski definition) is 6. The fourth-order valence-corrected chi connectivity index (χ4v) is 2.84. The molecule has 140 valence electrons. The number of carbonyl (C=O) groups is 1. The van der Waals surface area contributed by atoms with Crippen LogP contribution in [0, 0.1) is 0 Å². The molecule has 0 aromatic heterocycles. The molecular weight excluding hydrogens is 348 g/mol. The van der Waals surface area contributed by atoms with Gasteiger partial charge < -0.3 is 29.2 Å². The van der Waals surface area contributed by atoms with Gasteiger partial charge in [-0.2, -0.15) is 0 Å². The van der Waals surface area contributed by atoms with E-state index in [0.717, 1.165) is 23.6 Å². The lowest BCUT2D eigenvalue weighted by molar-refractivity contribution is -0.133. The van der Waals surface area contributed by atoms with E-state index in [1.165, 1.54) is 0 Å². The standard InChI is InChI=1S/C17H24N2O5.ClH/c1-21-7-5-19(17(20)9-14-11-22-6-4-18-14)10-13-2-3-15-16(8-13)24-12-23-15;/h2-3,8,14,18H,4-7,9-12H2,1H3;1H. The maximum atomic E-state index is 12.7. The fourth-order valence-electron chi connectivity index (χ4n) is 2.84. The highest BCUT2D eigenvalue weighted by atomic mass is 35.5. The summed E-state index contributed by atoms with van der Waals surface area (Å²) >= 11 is 0. The minimum absolute atomic E-state index is 0. The first-order valence-corrected chi connectivity index (χ1v) is 8.22. The maximum absolute atomic E-state index is 12.7. The number of morpholine rings is 1. The Kier molecular flexibility index (Phi) is 7.77. The zero-order chi connectivity index (χ0) is 16.8. The molecule has 0 radical (unpaired) electrons. The molecule has 2 aliphatic heterocycles. The molecule has 1 N–H and O–H groups in total. The van der Waals surface area contributed by atoms with Gasteiger partial charge in [-0.3, -0.25) is 4.79 Å². The van der Waals surface area contributed by atoms with E-state index in [1.807, 2.05) is 23.1 Å². The molecule has 1 amide bonds. The van der Waals surface area contributed by atoms with Crippen molar-refractivity contribution in [2.24, 2.45) is 0 Å². The van der Waals surface area contributed by atoms with Gasteiger partial charge in [-0.25, -0.2) is 0 Å². The van der Waals surface area contributed by atoms with Crippen molar-refractivity contribution >= 4 is 18.3 Å². The predicted molar refractivity (Wildman–Crippen MR) is 94.3 cm³/mol. The molecule has 25 heavy (non-hydrogen) atoms. The molecule has 1 aromatic rings. The summed E-state index contributed by atoms with van der Waals surface area (Å²) in [4.78, 5) is 14.5.